The zero-order valence-corrected chi connectivity index (χ0v) is 16.3. The molecule has 3 heterocycles. The first-order valence-electron chi connectivity index (χ1n) is 9.62. The highest BCUT2D eigenvalue weighted by Crippen LogP contribution is 2.42. The summed E-state index contributed by atoms with van der Waals surface area (Å²) in [6.07, 6.45) is 6.83. The van der Waals surface area contributed by atoms with E-state index in [9.17, 15) is 8.78 Å². The van der Waals surface area contributed by atoms with Crippen molar-refractivity contribution in [3.8, 4) is 33.5 Å². The Morgan fingerprint density at radius 2 is 1.32 bits per heavy atom. The van der Waals surface area contributed by atoms with Crippen molar-refractivity contribution in [2.75, 3.05) is 0 Å². The molecule has 0 bridgehead atoms. The fourth-order valence-corrected chi connectivity index (χ4v) is 3.68. The van der Waals surface area contributed by atoms with Crippen LogP contribution in [0.15, 0.2) is 85.8 Å². The van der Waals surface area contributed by atoms with E-state index in [1.807, 2.05) is 18.3 Å². The molecule has 5 rings (SSSR count). The number of fused-ring (bicyclic) bond motifs is 1. The second-order valence-electron chi connectivity index (χ2n) is 6.99. The minimum atomic E-state index is -0.329. The van der Waals surface area contributed by atoms with Crippen molar-refractivity contribution in [3.63, 3.8) is 0 Å². The maximum Gasteiger partial charge on any atom is 0.182 e. The molecule has 0 aliphatic heterocycles. The van der Waals surface area contributed by atoms with Crippen LogP contribution in [0.5, 0.6) is 0 Å². The van der Waals surface area contributed by atoms with Gasteiger partial charge in [0.15, 0.2) is 5.65 Å². The first-order valence-corrected chi connectivity index (χ1v) is 9.62. The summed E-state index contributed by atoms with van der Waals surface area (Å²) in [5.74, 6) is -0.648. The molecule has 0 saturated heterocycles. The van der Waals surface area contributed by atoms with Crippen LogP contribution in [0.25, 0.3) is 50.7 Å². The minimum absolute atomic E-state index is 0.319. The van der Waals surface area contributed by atoms with Gasteiger partial charge in [0.2, 0.25) is 0 Å². The molecule has 5 aromatic rings. The number of halogens is 2. The van der Waals surface area contributed by atoms with Gasteiger partial charge >= 0.3 is 0 Å². The average Bonchev–Trinajstić information content (AvgIpc) is 3.23. The van der Waals surface area contributed by atoms with E-state index in [0.29, 0.717) is 11.3 Å². The Morgan fingerprint density at radius 3 is 1.94 bits per heavy atom. The van der Waals surface area contributed by atoms with Gasteiger partial charge in [-0.15, -0.1) is 5.10 Å². The monoisotopic (exact) mass is 410 g/mol. The Bertz CT molecular complexity index is 1390. The summed E-state index contributed by atoms with van der Waals surface area (Å²) in [5, 5.41) is 5.30. The van der Waals surface area contributed by atoms with Crippen LogP contribution in [-0.4, -0.2) is 19.7 Å². The van der Waals surface area contributed by atoms with Crippen LogP contribution in [0.2, 0.25) is 0 Å². The summed E-state index contributed by atoms with van der Waals surface area (Å²) in [6.45, 7) is 3.78. The molecule has 0 radical (unpaired) electrons. The highest BCUT2D eigenvalue weighted by molar-refractivity contribution is 6.06. The molecule has 6 heteroatoms. The quantitative estimate of drug-likeness (QED) is 0.354. The van der Waals surface area contributed by atoms with Gasteiger partial charge in [0.25, 0.3) is 0 Å². The highest BCUT2D eigenvalue weighted by Gasteiger charge is 2.21. The molecule has 0 fully saturated rings. The van der Waals surface area contributed by atoms with E-state index in [1.54, 1.807) is 47.5 Å². The molecule has 0 unspecified atom stereocenters. The maximum atomic E-state index is 13.7. The number of aromatic nitrogens is 4. The van der Waals surface area contributed by atoms with E-state index in [0.717, 1.165) is 33.2 Å². The predicted molar refractivity (Wildman–Crippen MR) is 118 cm³/mol. The summed E-state index contributed by atoms with van der Waals surface area (Å²) in [7, 11) is 0. The largest absolute Gasteiger partial charge is 0.265 e. The van der Waals surface area contributed by atoms with Crippen LogP contribution >= 0.6 is 0 Å². The molecule has 150 valence electrons. The van der Waals surface area contributed by atoms with Gasteiger partial charge < -0.3 is 0 Å². The molecular weight excluding hydrogens is 394 g/mol. The van der Waals surface area contributed by atoms with Crippen molar-refractivity contribution in [1.82, 2.24) is 19.7 Å². The summed E-state index contributed by atoms with van der Waals surface area (Å²) < 4.78 is 28.9. The predicted octanol–water partition coefficient (Wildman–Crippen LogP) is 6.21. The van der Waals surface area contributed by atoms with E-state index in [2.05, 4.69) is 16.7 Å². The van der Waals surface area contributed by atoms with Crippen molar-refractivity contribution >= 4 is 17.2 Å². The van der Waals surface area contributed by atoms with E-state index < -0.39 is 0 Å². The minimum Gasteiger partial charge on any atom is -0.265 e. The van der Waals surface area contributed by atoms with Crippen LogP contribution in [0, 0.1) is 11.6 Å². The third-order valence-electron chi connectivity index (χ3n) is 5.09. The van der Waals surface area contributed by atoms with Gasteiger partial charge in [0.05, 0.1) is 5.69 Å². The van der Waals surface area contributed by atoms with Gasteiger partial charge in [-0.25, -0.2) is 18.4 Å². The number of nitrogens with zero attached hydrogens (tertiary/aromatic N) is 4. The fourth-order valence-electron chi connectivity index (χ4n) is 3.68. The smallest absolute Gasteiger partial charge is 0.182 e. The molecular formula is C25H16F2N4. The lowest BCUT2D eigenvalue weighted by molar-refractivity contribution is 0.627. The van der Waals surface area contributed by atoms with Crippen molar-refractivity contribution in [1.29, 1.82) is 0 Å². The summed E-state index contributed by atoms with van der Waals surface area (Å²) >= 11 is 0. The summed E-state index contributed by atoms with van der Waals surface area (Å²) in [6, 6.07) is 16.3. The topological polar surface area (TPSA) is 43.6 Å². The fraction of sp³-hybridized carbons (Fsp3) is 0. The molecule has 2 aromatic carbocycles. The first kappa shape index (κ1) is 18.8. The second kappa shape index (κ2) is 7.57. The normalized spacial score (nSPS) is 11.0. The van der Waals surface area contributed by atoms with Crippen LogP contribution in [0.4, 0.5) is 8.78 Å². The van der Waals surface area contributed by atoms with Crippen LogP contribution < -0.4 is 0 Å². The standard InChI is InChI=1S/C25H16F2N4/c1-2-31-15-21-22(16-3-7-19(26)8-4-16)23(17-11-13-28-14-12-17)24(29-25(21)30-31)18-5-9-20(27)10-6-18/h2-15H,1H2. The molecule has 3 aromatic heterocycles. The Kier molecular flexibility index (Phi) is 4.59. The number of hydrogen-bond acceptors (Lipinski definition) is 3. The average molecular weight is 410 g/mol. The molecule has 0 N–H and O–H groups in total. The van der Waals surface area contributed by atoms with Crippen molar-refractivity contribution in [2.24, 2.45) is 0 Å². The number of rotatable bonds is 4. The molecule has 0 saturated carbocycles. The van der Waals surface area contributed by atoms with E-state index in [4.69, 9.17) is 4.98 Å². The Hall–Kier alpha value is -4.19. The lowest BCUT2D eigenvalue weighted by Crippen LogP contribution is -1.96. The molecule has 0 amide bonds. The number of pyridine rings is 2. The highest BCUT2D eigenvalue weighted by atomic mass is 19.1. The van der Waals surface area contributed by atoms with Crippen molar-refractivity contribution in [3.05, 3.63) is 97.5 Å². The SMILES string of the molecule is C=Cn1cc2c(-c3ccc(F)cc3)c(-c3ccncc3)c(-c3ccc(F)cc3)nc2n1. The molecule has 31 heavy (non-hydrogen) atoms. The second-order valence-corrected chi connectivity index (χ2v) is 6.99. The van der Waals surface area contributed by atoms with E-state index >= 15 is 0 Å². The van der Waals surface area contributed by atoms with Crippen molar-refractivity contribution < 1.29 is 8.78 Å². The van der Waals surface area contributed by atoms with E-state index in [-0.39, 0.29) is 11.6 Å². The molecule has 0 atom stereocenters. The van der Waals surface area contributed by atoms with E-state index in [1.165, 1.54) is 24.3 Å². The Labute approximate surface area is 177 Å². The Morgan fingerprint density at radius 1 is 0.742 bits per heavy atom. The summed E-state index contributed by atoms with van der Waals surface area (Å²) in [5.41, 5.74) is 5.28. The van der Waals surface area contributed by atoms with Gasteiger partial charge in [-0.05, 0) is 59.7 Å². The third kappa shape index (κ3) is 3.38. The lowest BCUT2D eigenvalue weighted by atomic mass is 9.90. The van der Waals surface area contributed by atoms with Gasteiger partial charge in [-0.2, -0.15) is 0 Å². The zero-order chi connectivity index (χ0) is 21.4. The van der Waals surface area contributed by atoms with Gasteiger partial charge in [-0.3, -0.25) is 4.98 Å². The molecule has 0 spiro atoms. The Balaban J connectivity index is 1.94. The van der Waals surface area contributed by atoms with Gasteiger partial charge in [0.1, 0.15) is 11.6 Å². The lowest BCUT2D eigenvalue weighted by Gasteiger charge is -2.16. The van der Waals surface area contributed by atoms with Crippen LogP contribution in [-0.2, 0) is 0 Å². The summed E-state index contributed by atoms with van der Waals surface area (Å²) in [4.78, 5) is 8.96. The van der Waals surface area contributed by atoms with Crippen molar-refractivity contribution in [2.45, 2.75) is 0 Å². The zero-order valence-electron chi connectivity index (χ0n) is 16.3. The maximum absolute atomic E-state index is 13.7. The molecule has 0 aliphatic carbocycles. The first-order chi connectivity index (χ1) is 15.1. The number of benzene rings is 2. The van der Waals surface area contributed by atoms with Gasteiger partial charge in [0, 0.05) is 46.9 Å². The number of hydrogen-bond donors (Lipinski definition) is 0. The third-order valence-corrected chi connectivity index (χ3v) is 5.09. The molecule has 0 aliphatic rings. The molecule has 4 nitrogen and oxygen atoms in total. The van der Waals surface area contributed by atoms with Gasteiger partial charge in [-0.1, -0.05) is 18.7 Å². The van der Waals surface area contributed by atoms with Crippen LogP contribution in [0.3, 0.4) is 0 Å². The van der Waals surface area contributed by atoms with Crippen LogP contribution in [0.1, 0.15) is 0 Å².